The van der Waals surface area contributed by atoms with Crippen LogP contribution in [0.3, 0.4) is 0 Å². The molecule has 0 bridgehead atoms. The highest BCUT2D eigenvalue weighted by atomic mass is 35.5. The molecule has 0 saturated carbocycles. The molecule has 1 aliphatic heterocycles. The van der Waals surface area contributed by atoms with Crippen LogP contribution >= 0.6 is 23.7 Å². The van der Waals surface area contributed by atoms with E-state index in [1.54, 1.807) is 0 Å². The van der Waals surface area contributed by atoms with Gasteiger partial charge < -0.3 is 5.73 Å². The zero-order chi connectivity index (χ0) is 14.1. The topological polar surface area (TPSA) is 47.1 Å². The van der Waals surface area contributed by atoms with Gasteiger partial charge in [-0.15, -0.1) is 23.7 Å². The Morgan fingerprint density at radius 2 is 2.29 bits per heavy atom. The summed E-state index contributed by atoms with van der Waals surface area (Å²) in [5.74, 6) is 0.660. The molecule has 1 fully saturated rings. The van der Waals surface area contributed by atoms with Gasteiger partial charge in [0.15, 0.2) is 0 Å². The van der Waals surface area contributed by atoms with E-state index in [9.17, 15) is 0 Å². The second-order valence-electron chi connectivity index (χ2n) is 5.81. The first-order chi connectivity index (χ1) is 9.61. The lowest BCUT2D eigenvalue weighted by atomic mass is 10.0. The summed E-state index contributed by atoms with van der Waals surface area (Å²) in [5.41, 5.74) is 7.21. The molecule has 0 aliphatic carbocycles. The van der Waals surface area contributed by atoms with Gasteiger partial charge in [-0.25, -0.2) is 0 Å². The molecule has 2 unspecified atom stereocenters. The molecular weight excluding hydrogens is 304 g/mol. The van der Waals surface area contributed by atoms with Gasteiger partial charge >= 0.3 is 0 Å². The maximum Gasteiger partial charge on any atom is 0.0576 e. The number of halogens is 1. The number of aryl methyl sites for hydroxylation is 1. The van der Waals surface area contributed by atoms with Crippen molar-refractivity contribution in [3.05, 3.63) is 29.4 Å². The van der Waals surface area contributed by atoms with E-state index in [0.717, 1.165) is 13.1 Å². The molecule has 3 heterocycles. The van der Waals surface area contributed by atoms with E-state index in [0.29, 0.717) is 12.0 Å². The molecule has 0 aromatic carbocycles. The molecule has 2 aromatic rings. The number of hydrogen-bond donors (Lipinski definition) is 1. The molecule has 2 N–H and O–H groups in total. The van der Waals surface area contributed by atoms with Crippen LogP contribution in [0.15, 0.2) is 24.5 Å². The summed E-state index contributed by atoms with van der Waals surface area (Å²) in [7, 11) is 1.95. The molecule has 1 saturated heterocycles. The SMILES string of the molecule is CC(N)C1CCN(Cc2ccc(-c3cnn(C)c3)s2)C1.Cl. The van der Waals surface area contributed by atoms with Gasteiger partial charge in [-0.1, -0.05) is 0 Å². The van der Waals surface area contributed by atoms with E-state index in [1.165, 1.54) is 28.3 Å². The first-order valence-corrected chi connectivity index (χ1v) is 7.99. The number of hydrogen-bond acceptors (Lipinski definition) is 4. The van der Waals surface area contributed by atoms with Crippen molar-refractivity contribution >= 4 is 23.7 Å². The molecule has 3 rings (SSSR count). The largest absolute Gasteiger partial charge is 0.328 e. The lowest BCUT2D eigenvalue weighted by Crippen LogP contribution is -2.29. The highest BCUT2D eigenvalue weighted by Gasteiger charge is 2.25. The lowest BCUT2D eigenvalue weighted by Gasteiger charge is -2.16. The summed E-state index contributed by atoms with van der Waals surface area (Å²) >= 11 is 1.87. The van der Waals surface area contributed by atoms with Crippen molar-refractivity contribution in [3.63, 3.8) is 0 Å². The first-order valence-electron chi connectivity index (χ1n) is 7.17. The highest BCUT2D eigenvalue weighted by Crippen LogP contribution is 2.29. The van der Waals surface area contributed by atoms with Crippen LogP contribution in [0.5, 0.6) is 0 Å². The minimum Gasteiger partial charge on any atom is -0.328 e. The molecule has 116 valence electrons. The highest BCUT2D eigenvalue weighted by molar-refractivity contribution is 7.15. The maximum absolute atomic E-state index is 6.00. The van der Waals surface area contributed by atoms with E-state index in [-0.39, 0.29) is 12.4 Å². The van der Waals surface area contributed by atoms with Gasteiger partial charge in [0, 0.05) is 47.7 Å². The van der Waals surface area contributed by atoms with Crippen molar-refractivity contribution in [3.8, 4) is 10.4 Å². The van der Waals surface area contributed by atoms with Crippen LogP contribution < -0.4 is 5.73 Å². The van der Waals surface area contributed by atoms with Crippen LogP contribution in [0.1, 0.15) is 18.2 Å². The number of nitrogens with zero attached hydrogens (tertiary/aromatic N) is 3. The summed E-state index contributed by atoms with van der Waals surface area (Å²) in [6, 6.07) is 4.76. The van der Waals surface area contributed by atoms with Crippen LogP contribution in [0.2, 0.25) is 0 Å². The van der Waals surface area contributed by atoms with Gasteiger partial charge in [0.1, 0.15) is 0 Å². The molecule has 0 amide bonds. The van der Waals surface area contributed by atoms with E-state index in [1.807, 2.05) is 29.3 Å². The van der Waals surface area contributed by atoms with Gasteiger partial charge in [0.2, 0.25) is 0 Å². The minimum atomic E-state index is 0. The average molecular weight is 327 g/mol. The molecule has 2 aromatic heterocycles. The maximum atomic E-state index is 6.00. The Morgan fingerprint density at radius 1 is 1.48 bits per heavy atom. The Bertz CT molecular complexity index is 578. The van der Waals surface area contributed by atoms with Gasteiger partial charge in [-0.3, -0.25) is 9.58 Å². The Kier molecular flexibility index (Phi) is 5.43. The normalized spacial score (nSPS) is 20.4. The van der Waals surface area contributed by atoms with Crippen molar-refractivity contribution in [2.45, 2.75) is 25.9 Å². The first kappa shape index (κ1) is 16.5. The van der Waals surface area contributed by atoms with E-state index >= 15 is 0 Å². The fourth-order valence-corrected chi connectivity index (χ4v) is 3.85. The van der Waals surface area contributed by atoms with Crippen LogP contribution in [0.25, 0.3) is 10.4 Å². The van der Waals surface area contributed by atoms with Crippen LogP contribution in [-0.2, 0) is 13.6 Å². The lowest BCUT2D eigenvalue weighted by molar-refractivity contribution is 0.311. The molecular formula is C15H23ClN4S. The Hall–Kier alpha value is -0.880. The standard InChI is InChI=1S/C15H22N4S.ClH/c1-11(16)12-5-6-19(9-12)10-14-3-4-15(20-14)13-7-17-18(2)8-13;/h3-4,7-8,11-12H,5-6,9-10,16H2,1-2H3;1H. The van der Waals surface area contributed by atoms with Gasteiger partial charge in [-0.05, 0) is 37.9 Å². The van der Waals surface area contributed by atoms with Crippen LogP contribution in [-0.4, -0.2) is 33.8 Å². The van der Waals surface area contributed by atoms with Crippen molar-refractivity contribution in [1.29, 1.82) is 0 Å². The monoisotopic (exact) mass is 326 g/mol. The summed E-state index contributed by atoms with van der Waals surface area (Å²) in [5, 5.41) is 4.23. The zero-order valence-electron chi connectivity index (χ0n) is 12.5. The van der Waals surface area contributed by atoms with Gasteiger partial charge in [0.05, 0.1) is 6.20 Å². The van der Waals surface area contributed by atoms with Crippen LogP contribution in [0, 0.1) is 5.92 Å². The second-order valence-corrected chi connectivity index (χ2v) is 6.98. The van der Waals surface area contributed by atoms with Crippen LogP contribution in [0.4, 0.5) is 0 Å². The molecule has 2 atom stereocenters. The third-order valence-corrected chi connectivity index (χ3v) is 5.20. The predicted octanol–water partition coefficient (Wildman–Crippen LogP) is 2.74. The molecule has 0 spiro atoms. The molecule has 1 aliphatic rings. The van der Waals surface area contributed by atoms with Crippen molar-refractivity contribution in [2.75, 3.05) is 13.1 Å². The summed E-state index contributed by atoms with van der Waals surface area (Å²) < 4.78 is 1.85. The Labute approximate surface area is 136 Å². The van der Waals surface area contributed by atoms with Crippen molar-refractivity contribution < 1.29 is 0 Å². The van der Waals surface area contributed by atoms with Crippen molar-refractivity contribution in [1.82, 2.24) is 14.7 Å². The smallest absolute Gasteiger partial charge is 0.0576 e. The Balaban J connectivity index is 0.00000161. The minimum absolute atomic E-state index is 0. The Morgan fingerprint density at radius 3 is 2.90 bits per heavy atom. The van der Waals surface area contributed by atoms with E-state index in [4.69, 9.17) is 5.73 Å². The molecule has 4 nitrogen and oxygen atoms in total. The number of aromatic nitrogens is 2. The van der Waals surface area contributed by atoms with Crippen molar-refractivity contribution in [2.24, 2.45) is 18.7 Å². The van der Waals surface area contributed by atoms with E-state index in [2.05, 4.69) is 35.3 Å². The number of nitrogens with two attached hydrogens (primary N) is 1. The summed E-state index contributed by atoms with van der Waals surface area (Å²) in [4.78, 5) is 5.25. The van der Waals surface area contributed by atoms with Gasteiger partial charge in [-0.2, -0.15) is 5.10 Å². The summed E-state index contributed by atoms with van der Waals surface area (Å²) in [6.45, 7) is 5.48. The summed E-state index contributed by atoms with van der Waals surface area (Å²) in [6.07, 6.45) is 5.23. The number of rotatable bonds is 4. The average Bonchev–Trinajstić information content (AvgIpc) is 3.09. The quantitative estimate of drug-likeness (QED) is 0.939. The fourth-order valence-electron chi connectivity index (χ4n) is 2.82. The number of likely N-dealkylation sites (tertiary alicyclic amines) is 1. The zero-order valence-corrected chi connectivity index (χ0v) is 14.2. The third kappa shape index (κ3) is 3.86. The second kappa shape index (κ2) is 6.92. The van der Waals surface area contributed by atoms with E-state index < -0.39 is 0 Å². The third-order valence-electron chi connectivity index (χ3n) is 4.08. The molecule has 0 radical (unpaired) electrons. The fraction of sp³-hybridized carbons (Fsp3) is 0.533. The predicted molar refractivity (Wildman–Crippen MR) is 90.8 cm³/mol. The van der Waals surface area contributed by atoms with Gasteiger partial charge in [0.25, 0.3) is 0 Å². The molecule has 6 heteroatoms. The molecule has 21 heavy (non-hydrogen) atoms. The number of thiophene rings is 1.